The van der Waals surface area contributed by atoms with Crippen molar-refractivity contribution in [3.8, 4) is 0 Å². The molecule has 0 aliphatic heterocycles. The Morgan fingerprint density at radius 1 is 0.522 bits per heavy atom. The average Bonchev–Trinajstić information content (AvgIpc) is 2.49. The van der Waals surface area contributed by atoms with E-state index in [9.17, 15) is 8.42 Å². The highest BCUT2D eigenvalue weighted by Gasteiger charge is 2.01. The molecule has 0 unspecified atom stereocenters. The molecular weight excluding hydrogens is 306 g/mol. The van der Waals surface area contributed by atoms with E-state index >= 15 is 0 Å². The summed E-state index contributed by atoms with van der Waals surface area (Å²) in [4.78, 5) is 0. The first-order valence-electron chi connectivity index (χ1n) is 10.1. The predicted molar refractivity (Wildman–Crippen MR) is 102 cm³/mol. The molecule has 0 radical (unpaired) electrons. The highest BCUT2D eigenvalue weighted by Crippen LogP contribution is 2.14. The number of nitrogens with two attached hydrogens (primary N) is 1. The van der Waals surface area contributed by atoms with E-state index in [1.807, 2.05) is 0 Å². The lowest BCUT2D eigenvalue weighted by molar-refractivity contribution is 0.528. The molecule has 0 atom stereocenters. The van der Waals surface area contributed by atoms with Gasteiger partial charge in [0.25, 0.3) is 0 Å². The monoisotopic (exact) mass is 347 g/mol. The third-order valence-corrected chi connectivity index (χ3v) is 5.39. The average molecular weight is 348 g/mol. The van der Waals surface area contributed by atoms with Crippen LogP contribution in [0.2, 0.25) is 0 Å². The molecule has 140 valence electrons. The van der Waals surface area contributed by atoms with Gasteiger partial charge in [-0.25, -0.2) is 13.6 Å². The normalized spacial score (nSPS) is 11.9. The van der Waals surface area contributed by atoms with Crippen molar-refractivity contribution in [2.75, 3.05) is 5.75 Å². The highest BCUT2D eigenvalue weighted by molar-refractivity contribution is 7.89. The van der Waals surface area contributed by atoms with Crippen molar-refractivity contribution in [3.63, 3.8) is 0 Å². The van der Waals surface area contributed by atoms with Crippen molar-refractivity contribution in [1.82, 2.24) is 0 Å². The van der Waals surface area contributed by atoms with Crippen molar-refractivity contribution in [1.29, 1.82) is 0 Å². The smallest absolute Gasteiger partial charge is 0.209 e. The van der Waals surface area contributed by atoms with Crippen LogP contribution in [0.25, 0.3) is 0 Å². The Labute approximate surface area is 145 Å². The predicted octanol–water partition coefficient (Wildman–Crippen LogP) is 5.93. The van der Waals surface area contributed by atoms with E-state index in [4.69, 9.17) is 5.14 Å². The van der Waals surface area contributed by atoms with Crippen LogP contribution in [0.4, 0.5) is 0 Å². The van der Waals surface area contributed by atoms with Crippen molar-refractivity contribution in [3.05, 3.63) is 0 Å². The summed E-state index contributed by atoms with van der Waals surface area (Å²) in [6.45, 7) is 2.27. The fourth-order valence-corrected chi connectivity index (χ4v) is 3.63. The van der Waals surface area contributed by atoms with E-state index in [2.05, 4.69) is 6.92 Å². The lowest BCUT2D eigenvalue weighted by Gasteiger charge is -2.03. The molecule has 0 fully saturated rings. The molecular formula is C19H41NO2S. The molecule has 2 N–H and O–H groups in total. The molecule has 0 saturated heterocycles. The molecule has 0 aliphatic rings. The van der Waals surface area contributed by atoms with Crippen LogP contribution < -0.4 is 5.14 Å². The molecule has 0 aliphatic carbocycles. The summed E-state index contributed by atoms with van der Waals surface area (Å²) in [7, 11) is -3.24. The fraction of sp³-hybridized carbons (Fsp3) is 1.00. The van der Waals surface area contributed by atoms with Crippen molar-refractivity contribution in [2.24, 2.45) is 5.14 Å². The first-order chi connectivity index (χ1) is 11.1. The third-order valence-electron chi connectivity index (χ3n) is 4.53. The first kappa shape index (κ1) is 22.9. The van der Waals surface area contributed by atoms with Gasteiger partial charge in [0.05, 0.1) is 5.75 Å². The summed E-state index contributed by atoms with van der Waals surface area (Å²) in [5, 5.41) is 4.97. The zero-order valence-electron chi connectivity index (χ0n) is 15.5. The number of rotatable bonds is 18. The van der Waals surface area contributed by atoms with Crippen LogP contribution in [0.15, 0.2) is 0 Å². The van der Waals surface area contributed by atoms with Gasteiger partial charge in [-0.05, 0) is 6.42 Å². The van der Waals surface area contributed by atoms with Crippen molar-refractivity contribution in [2.45, 2.75) is 116 Å². The van der Waals surface area contributed by atoms with Crippen molar-refractivity contribution >= 4 is 10.0 Å². The lowest BCUT2D eigenvalue weighted by atomic mass is 10.0. The summed E-state index contributed by atoms with van der Waals surface area (Å²) < 4.78 is 21.5. The van der Waals surface area contributed by atoms with Gasteiger partial charge in [0.15, 0.2) is 0 Å². The zero-order valence-corrected chi connectivity index (χ0v) is 16.3. The van der Waals surface area contributed by atoms with E-state index in [-0.39, 0.29) is 5.75 Å². The minimum absolute atomic E-state index is 0.144. The number of hydrogen-bond acceptors (Lipinski definition) is 2. The van der Waals surface area contributed by atoms with Crippen LogP contribution in [0.1, 0.15) is 116 Å². The first-order valence-corrected chi connectivity index (χ1v) is 11.8. The Morgan fingerprint density at radius 3 is 1.04 bits per heavy atom. The van der Waals surface area contributed by atoms with Gasteiger partial charge in [0.2, 0.25) is 10.0 Å². The third kappa shape index (κ3) is 21.9. The highest BCUT2D eigenvalue weighted by atomic mass is 32.2. The number of primary sulfonamides is 1. The Kier molecular flexibility index (Phi) is 16.7. The largest absolute Gasteiger partial charge is 0.229 e. The SMILES string of the molecule is CCCCCCCCCCCCCCCCCCCS(N)(=O)=O. The lowest BCUT2D eigenvalue weighted by Crippen LogP contribution is -2.16. The maximum Gasteiger partial charge on any atom is 0.209 e. The Balaban J connectivity index is 3.03. The molecule has 0 bridgehead atoms. The number of sulfonamides is 1. The van der Waals surface area contributed by atoms with Gasteiger partial charge in [-0.2, -0.15) is 0 Å². The van der Waals surface area contributed by atoms with Crippen LogP contribution in [0, 0.1) is 0 Å². The molecule has 0 heterocycles. The van der Waals surface area contributed by atoms with E-state index in [1.165, 1.54) is 89.9 Å². The van der Waals surface area contributed by atoms with Crippen molar-refractivity contribution < 1.29 is 8.42 Å². The van der Waals surface area contributed by atoms with E-state index in [1.54, 1.807) is 0 Å². The van der Waals surface area contributed by atoms with Gasteiger partial charge in [-0.1, -0.05) is 110 Å². The van der Waals surface area contributed by atoms with Gasteiger partial charge < -0.3 is 0 Å². The van der Waals surface area contributed by atoms with Crippen LogP contribution in [-0.2, 0) is 10.0 Å². The molecule has 0 aromatic heterocycles. The summed E-state index contributed by atoms with van der Waals surface area (Å²) in [5.74, 6) is 0.144. The van der Waals surface area contributed by atoms with Crippen LogP contribution in [0.3, 0.4) is 0 Å². The molecule has 0 aromatic carbocycles. The molecule has 0 amide bonds. The van der Waals surface area contributed by atoms with Gasteiger partial charge >= 0.3 is 0 Å². The van der Waals surface area contributed by atoms with Crippen LogP contribution in [0.5, 0.6) is 0 Å². The minimum Gasteiger partial charge on any atom is -0.229 e. The summed E-state index contributed by atoms with van der Waals surface area (Å²) in [6, 6.07) is 0. The number of hydrogen-bond donors (Lipinski definition) is 1. The molecule has 4 heteroatoms. The second-order valence-electron chi connectivity index (χ2n) is 7.02. The Morgan fingerprint density at radius 2 is 0.783 bits per heavy atom. The summed E-state index contributed by atoms with van der Waals surface area (Å²) in [6.07, 6.45) is 22.2. The van der Waals surface area contributed by atoms with Crippen LogP contribution in [-0.4, -0.2) is 14.2 Å². The minimum atomic E-state index is -3.24. The maximum absolute atomic E-state index is 10.8. The maximum atomic E-state index is 10.8. The Bertz CT molecular complexity index is 328. The van der Waals surface area contributed by atoms with Gasteiger partial charge in [0, 0.05) is 0 Å². The fourth-order valence-electron chi connectivity index (χ4n) is 3.03. The standard InChI is InChI=1S/C19H41NO2S/c1-2-3-4-5-6-7-8-9-10-11-12-13-14-15-16-17-18-19-23(20,21)22/h2-19H2,1H3,(H2,20,21,22). The quantitative estimate of drug-likeness (QED) is 0.312. The van der Waals surface area contributed by atoms with E-state index < -0.39 is 10.0 Å². The topological polar surface area (TPSA) is 60.2 Å². The number of unbranched alkanes of at least 4 members (excludes halogenated alkanes) is 16. The zero-order chi connectivity index (χ0) is 17.2. The summed E-state index contributed by atoms with van der Waals surface area (Å²) in [5.41, 5.74) is 0. The molecule has 0 aromatic rings. The van der Waals surface area contributed by atoms with Gasteiger partial charge in [0.1, 0.15) is 0 Å². The second kappa shape index (κ2) is 16.8. The van der Waals surface area contributed by atoms with Crippen LogP contribution >= 0.6 is 0 Å². The molecule has 23 heavy (non-hydrogen) atoms. The molecule has 3 nitrogen and oxygen atoms in total. The molecule has 0 rings (SSSR count). The van der Waals surface area contributed by atoms with Gasteiger partial charge in [-0.15, -0.1) is 0 Å². The molecule has 0 saturated carbocycles. The van der Waals surface area contributed by atoms with E-state index in [0.29, 0.717) is 0 Å². The van der Waals surface area contributed by atoms with E-state index in [0.717, 1.165) is 19.3 Å². The molecule has 0 spiro atoms. The second-order valence-corrected chi connectivity index (χ2v) is 8.76. The Hall–Kier alpha value is -0.0900. The van der Waals surface area contributed by atoms with Gasteiger partial charge in [-0.3, -0.25) is 0 Å². The summed E-state index contributed by atoms with van der Waals surface area (Å²) >= 11 is 0.